The molecule has 0 bridgehead atoms. The van der Waals surface area contributed by atoms with Gasteiger partial charge in [-0.15, -0.1) is 12.4 Å². The molecule has 2 nitrogen and oxygen atoms in total. The largest absolute Gasteiger partial charge is 0.316 e. The molecule has 1 N–H and O–H groups in total. The van der Waals surface area contributed by atoms with Gasteiger partial charge in [0.25, 0.3) is 0 Å². The molecule has 0 aliphatic carbocycles. The number of aryl methyl sites for hydroxylation is 1. The third-order valence-corrected chi connectivity index (χ3v) is 4.83. The third-order valence-electron chi connectivity index (χ3n) is 4.83. The van der Waals surface area contributed by atoms with Crippen LogP contribution in [0, 0.1) is 12.3 Å². The quantitative estimate of drug-likeness (QED) is 0.917. The molecule has 1 aromatic rings. The first kappa shape index (κ1) is 15.8. The molecule has 1 aromatic carbocycles. The minimum atomic E-state index is 0. The predicted molar refractivity (Wildman–Crippen MR) is 87.6 cm³/mol. The van der Waals surface area contributed by atoms with Crippen molar-refractivity contribution in [3.8, 4) is 0 Å². The van der Waals surface area contributed by atoms with E-state index in [-0.39, 0.29) is 12.4 Å². The summed E-state index contributed by atoms with van der Waals surface area (Å²) in [5.41, 5.74) is 3.39. The summed E-state index contributed by atoms with van der Waals surface area (Å²) in [6.45, 7) is 9.54. The molecule has 2 heterocycles. The smallest absolute Gasteiger partial charge is 0.0348 e. The Morgan fingerprint density at radius 1 is 1.40 bits per heavy atom. The summed E-state index contributed by atoms with van der Waals surface area (Å²) in [6, 6.07) is 9.74. The fourth-order valence-electron chi connectivity index (χ4n) is 3.76. The second-order valence-corrected chi connectivity index (χ2v) is 6.78. The maximum atomic E-state index is 3.52. The van der Waals surface area contributed by atoms with Crippen LogP contribution in [0.25, 0.3) is 0 Å². The van der Waals surface area contributed by atoms with E-state index in [1.165, 1.54) is 56.6 Å². The molecule has 2 aliphatic rings. The second kappa shape index (κ2) is 6.46. The van der Waals surface area contributed by atoms with Crippen molar-refractivity contribution in [2.24, 2.45) is 5.41 Å². The van der Waals surface area contributed by atoms with Gasteiger partial charge in [-0.2, -0.15) is 0 Å². The summed E-state index contributed by atoms with van der Waals surface area (Å²) in [7, 11) is 0. The molecule has 2 saturated heterocycles. The Balaban J connectivity index is 0.00000147. The van der Waals surface area contributed by atoms with Crippen LogP contribution in [0.2, 0.25) is 0 Å². The summed E-state index contributed by atoms with van der Waals surface area (Å²) in [6.07, 6.45) is 4.00. The lowest BCUT2D eigenvalue weighted by molar-refractivity contribution is 0.165. The normalized spacial score (nSPS) is 30.4. The molecule has 0 aromatic heterocycles. The van der Waals surface area contributed by atoms with E-state index in [0.717, 1.165) is 0 Å². The molecule has 0 saturated carbocycles. The zero-order valence-corrected chi connectivity index (χ0v) is 13.5. The first-order valence-electron chi connectivity index (χ1n) is 7.68. The van der Waals surface area contributed by atoms with Crippen LogP contribution in [0.5, 0.6) is 0 Å². The molecule has 2 aliphatic heterocycles. The topological polar surface area (TPSA) is 15.3 Å². The van der Waals surface area contributed by atoms with Gasteiger partial charge in [0.1, 0.15) is 0 Å². The number of nitrogens with one attached hydrogen (secondary N) is 1. The van der Waals surface area contributed by atoms with Crippen molar-refractivity contribution in [2.75, 3.05) is 26.2 Å². The number of nitrogens with zero attached hydrogens (tertiary/aromatic N) is 1. The SMILES string of the molecule is Cc1cccc(C2CCCN2CC2(C)CCNC2)c1.Cl. The summed E-state index contributed by atoms with van der Waals surface area (Å²) in [5, 5.41) is 3.52. The van der Waals surface area contributed by atoms with Crippen LogP contribution in [0.4, 0.5) is 0 Å². The van der Waals surface area contributed by atoms with Crippen molar-refractivity contribution in [3.63, 3.8) is 0 Å². The molecule has 3 rings (SSSR count). The monoisotopic (exact) mass is 294 g/mol. The number of hydrogen-bond acceptors (Lipinski definition) is 2. The van der Waals surface area contributed by atoms with Crippen LogP contribution in [0.3, 0.4) is 0 Å². The minimum absolute atomic E-state index is 0. The van der Waals surface area contributed by atoms with Gasteiger partial charge < -0.3 is 5.32 Å². The van der Waals surface area contributed by atoms with Crippen molar-refractivity contribution < 1.29 is 0 Å². The van der Waals surface area contributed by atoms with Gasteiger partial charge in [0.2, 0.25) is 0 Å². The average Bonchev–Trinajstić information content (AvgIpc) is 2.99. The van der Waals surface area contributed by atoms with Crippen molar-refractivity contribution in [1.82, 2.24) is 10.2 Å². The lowest BCUT2D eigenvalue weighted by Crippen LogP contribution is -2.37. The summed E-state index contributed by atoms with van der Waals surface area (Å²) in [4.78, 5) is 2.72. The number of likely N-dealkylation sites (tertiary alicyclic amines) is 1. The van der Waals surface area contributed by atoms with Crippen LogP contribution in [-0.4, -0.2) is 31.1 Å². The van der Waals surface area contributed by atoms with Gasteiger partial charge in [0, 0.05) is 19.1 Å². The molecule has 3 heteroatoms. The van der Waals surface area contributed by atoms with Crippen molar-refractivity contribution >= 4 is 12.4 Å². The van der Waals surface area contributed by atoms with Crippen LogP contribution in [0.1, 0.15) is 43.4 Å². The standard InChI is InChI=1S/C17H26N2.ClH/c1-14-5-3-6-15(11-14)16-7-4-10-19(16)13-17(2)8-9-18-12-17;/h3,5-6,11,16,18H,4,7-10,12-13H2,1-2H3;1H. The van der Waals surface area contributed by atoms with Gasteiger partial charge in [-0.1, -0.05) is 36.8 Å². The lowest BCUT2D eigenvalue weighted by Gasteiger charge is -2.33. The fourth-order valence-corrected chi connectivity index (χ4v) is 3.76. The summed E-state index contributed by atoms with van der Waals surface area (Å²) < 4.78 is 0. The number of benzene rings is 1. The first-order valence-corrected chi connectivity index (χ1v) is 7.68. The maximum absolute atomic E-state index is 3.52. The predicted octanol–water partition coefficient (Wildman–Crippen LogP) is 3.55. The average molecular weight is 295 g/mol. The molecular formula is C17H27ClN2. The molecule has 2 fully saturated rings. The minimum Gasteiger partial charge on any atom is -0.316 e. The van der Waals surface area contributed by atoms with Crippen molar-refractivity contribution in [2.45, 2.75) is 39.2 Å². The first-order chi connectivity index (χ1) is 9.16. The lowest BCUT2D eigenvalue weighted by atomic mass is 9.88. The maximum Gasteiger partial charge on any atom is 0.0348 e. The van der Waals surface area contributed by atoms with E-state index in [9.17, 15) is 0 Å². The fraction of sp³-hybridized carbons (Fsp3) is 0.647. The van der Waals surface area contributed by atoms with Gasteiger partial charge in [0.15, 0.2) is 0 Å². The van der Waals surface area contributed by atoms with Gasteiger partial charge in [-0.3, -0.25) is 4.90 Å². The molecular weight excluding hydrogens is 268 g/mol. The molecule has 0 amide bonds. The van der Waals surface area contributed by atoms with E-state index in [0.29, 0.717) is 11.5 Å². The number of halogens is 1. The Morgan fingerprint density at radius 2 is 2.25 bits per heavy atom. The van der Waals surface area contributed by atoms with Crippen LogP contribution in [-0.2, 0) is 0 Å². The molecule has 2 unspecified atom stereocenters. The zero-order valence-electron chi connectivity index (χ0n) is 12.7. The highest BCUT2D eigenvalue weighted by atomic mass is 35.5. The van der Waals surface area contributed by atoms with Gasteiger partial charge in [-0.25, -0.2) is 0 Å². The van der Waals surface area contributed by atoms with Gasteiger partial charge in [-0.05, 0) is 50.3 Å². The highest BCUT2D eigenvalue weighted by molar-refractivity contribution is 5.85. The van der Waals surface area contributed by atoms with E-state index in [1.807, 2.05) is 0 Å². The molecule has 112 valence electrons. The van der Waals surface area contributed by atoms with E-state index < -0.39 is 0 Å². The Hall–Kier alpha value is -0.570. The van der Waals surface area contributed by atoms with Gasteiger partial charge in [0.05, 0.1) is 0 Å². The molecule has 2 atom stereocenters. The van der Waals surface area contributed by atoms with Crippen LogP contribution in [0.15, 0.2) is 24.3 Å². The van der Waals surface area contributed by atoms with E-state index >= 15 is 0 Å². The van der Waals surface area contributed by atoms with E-state index in [1.54, 1.807) is 0 Å². The number of hydrogen-bond donors (Lipinski definition) is 1. The number of rotatable bonds is 3. The van der Waals surface area contributed by atoms with E-state index in [2.05, 4.69) is 48.3 Å². The van der Waals surface area contributed by atoms with E-state index in [4.69, 9.17) is 0 Å². The summed E-state index contributed by atoms with van der Waals surface area (Å²) in [5.74, 6) is 0. The van der Waals surface area contributed by atoms with Gasteiger partial charge >= 0.3 is 0 Å². The Morgan fingerprint density at radius 3 is 2.95 bits per heavy atom. The Bertz CT molecular complexity index is 440. The summed E-state index contributed by atoms with van der Waals surface area (Å²) >= 11 is 0. The molecule has 20 heavy (non-hydrogen) atoms. The highest BCUT2D eigenvalue weighted by Crippen LogP contribution is 2.36. The third kappa shape index (κ3) is 3.36. The van der Waals surface area contributed by atoms with Crippen molar-refractivity contribution in [1.29, 1.82) is 0 Å². The molecule has 0 spiro atoms. The van der Waals surface area contributed by atoms with Crippen LogP contribution >= 0.6 is 12.4 Å². The molecule has 0 radical (unpaired) electrons. The zero-order chi connectivity index (χ0) is 13.3. The van der Waals surface area contributed by atoms with Crippen LogP contribution < -0.4 is 5.32 Å². The second-order valence-electron chi connectivity index (χ2n) is 6.78. The Labute approximate surface area is 129 Å². The van der Waals surface area contributed by atoms with Crippen molar-refractivity contribution in [3.05, 3.63) is 35.4 Å². The highest BCUT2D eigenvalue weighted by Gasteiger charge is 2.35. The Kier molecular flexibility index (Phi) is 5.11.